The summed E-state index contributed by atoms with van der Waals surface area (Å²) in [5.74, 6) is 0.967. The molecule has 2 atom stereocenters. The van der Waals surface area contributed by atoms with Gasteiger partial charge in [0, 0.05) is 13.1 Å². The molecule has 2 aliphatic rings. The van der Waals surface area contributed by atoms with Crippen molar-refractivity contribution >= 4 is 0 Å². The van der Waals surface area contributed by atoms with Crippen molar-refractivity contribution in [3.05, 3.63) is 29.8 Å². The van der Waals surface area contributed by atoms with Crippen LogP contribution < -0.4 is 4.74 Å². The summed E-state index contributed by atoms with van der Waals surface area (Å²) in [7, 11) is 0. The Bertz CT molecular complexity index is 364. The molecule has 2 fully saturated rings. The minimum Gasteiger partial charge on any atom is -0.491 e. The molecule has 0 aromatic heterocycles. The summed E-state index contributed by atoms with van der Waals surface area (Å²) in [5, 5.41) is 4.86. The highest BCUT2D eigenvalue weighted by atomic mass is 16.5. The maximum atomic E-state index is 5.64. The van der Waals surface area contributed by atoms with Crippen LogP contribution in [-0.4, -0.2) is 29.2 Å². The van der Waals surface area contributed by atoms with Gasteiger partial charge in [0.1, 0.15) is 11.9 Å². The summed E-state index contributed by atoms with van der Waals surface area (Å²) in [5.41, 5.74) is 1.39. The van der Waals surface area contributed by atoms with Gasteiger partial charge in [-0.15, -0.1) is 0 Å². The molecule has 16 heavy (non-hydrogen) atoms. The first-order valence-corrected chi connectivity index (χ1v) is 6.05. The molecule has 0 bridgehead atoms. The van der Waals surface area contributed by atoms with Crippen LogP contribution in [0.5, 0.6) is 5.75 Å². The van der Waals surface area contributed by atoms with Crippen molar-refractivity contribution in [3.63, 3.8) is 0 Å². The van der Waals surface area contributed by atoms with Crippen LogP contribution in [0.1, 0.15) is 32.0 Å². The third-order valence-corrected chi connectivity index (χ3v) is 3.16. The minimum absolute atomic E-state index is 0.249. The van der Waals surface area contributed by atoms with Crippen LogP contribution in [0.2, 0.25) is 0 Å². The van der Waals surface area contributed by atoms with Crippen LogP contribution >= 0.6 is 0 Å². The lowest BCUT2D eigenvalue weighted by Gasteiger charge is -2.10. The molecule has 2 saturated heterocycles. The number of benzene rings is 1. The second-order valence-electron chi connectivity index (χ2n) is 4.79. The van der Waals surface area contributed by atoms with Crippen molar-refractivity contribution in [2.75, 3.05) is 13.1 Å². The van der Waals surface area contributed by atoms with Crippen molar-refractivity contribution in [1.29, 1.82) is 0 Å². The molecule has 0 radical (unpaired) electrons. The predicted molar refractivity (Wildman–Crippen MR) is 63.0 cm³/mol. The SMILES string of the molecule is CC(C)Oc1ccc(C2N3CCCN23)cc1. The maximum Gasteiger partial charge on any atom is 0.119 e. The Morgan fingerprint density at radius 1 is 1.12 bits per heavy atom. The third-order valence-electron chi connectivity index (χ3n) is 3.16. The maximum absolute atomic E-state index is 5.64. The van der Waals surface area contributed by atoms with Crippen LogP contribution in [0.15, 0.2) is 24.3 Å². The molecule has 86 valence electrons. The average Bonchev–Trinajstić information content (AvgIpc) is 2.73. The smallest absolute Gasteiger partial charge is 0.119 e. The van der Waals surface area contributed by atoms with E-state index >= 15 is 0 Å². The largest absolute Gasteiger partial charge is 0.491 e. The molecule has 0 amide bonds. The lowest BCUT2D eigenvalue weighted by molar-refractivity contribution is 0.242. The van der Waals surface area contributed by atoms with E-state index < -0.39 is 0 Å². The molecule has 3 rings (SSSR count). The summed E-state index contributed by atoms with van der Waals surface area (Å²) in [6.07, 6.45) is 2.10. The fourth-order valence-electron chi connectivity index (χ4n) is 2.48. The summed E-state index contributed by atoms with van der Waals surface area (Å²) >= 11 is 0. The zero-order valence-electron chi connectivity index (χ0n) is 9.89. The number of nitrogens with zero attached hydrogens (tertiary/aromatic N) is 2. The summed E-state index contributed by atoms with van der Waals surface area (Å²) in [4.78, 5) is 0. The molecular weight excluding hydrogens is 200 g/mol. The van der Waals surface area contributed by atoms with Crippen molar-refractivity contribution in [2.45, 2.75) is 32.5 Å². The minimum atomic E-state index is 0.249. The van der Waals surface area contributed by atoms with E-state index in [4.69, 9.17) is 4.74 Å². The van der Waals surface area contributed by atoms with Gasteiger partial charge in [0.15, 0.2) is 0 Å². The number of hydrogen-bond acceptors (Lipinski definition) is 3. The molecule has 0 N–H and O–H groups in total. The standard InChI is InChI=1S/C13H18N2O/c1-10(2)16-12-6-4-11(5-7-12)13-14-8-3-9-15(13)14/h4-7,10,13H,3,8-9H2,1-2H3. The molecule has 2 unspecified atom stereocenters. The highest BCUT2D eigenvalue weighted by molar-refractivity contribution is 5.31. The summed E-state index contributed by atoms with van der Waals surface area (Å²) < 4.78 is 5.64. The first-order valence-electron chi connectivity index (χ1n) is 6.05. The number of hydrogen-bond donors (Lipinski definition) is 0. The molecule has 0 aliphatic carbocycles. The second kappa shape index (κ2) is 3.75. The Hall–Kier alpha value is -1.06. The number of ether oxygens (including phenoxy) is 1. The second-order valence-corrected chi connectivity index (χ2v) is 4.79. The lowest BCUT2D eigenvalue weighted by atomic mass is 10.2. The van der Waals surface area contributed by atoms with Crippen LogP contribution in [-0.2, 0) is 0 Å². The Morgan fingerprint density at radius 2 is 1.75 bits per heavy atom. The highest BCUT2D eigenvalue weighted by Gasteiger charge is 2.48. The topological polar surface area (TPSA) is 15.2 Å². The van der Waals surface area contributed by atoms with Crippen molar-refractivity contribution < 1.29 is 4.74 Å². The van der Waals surface area contributed by atoms with E-state index in [0.717, 1.165) is 5.75 Å². The van der Waals surface area contributed by atoms with Gasteiger partial charge < -0.3 is 4.74 Å². The number of fused-ring (bicyclic) bond motifs is 1. The summed E-state index contributed by atoms with van der Waals surface area (Å²) in [6.45, 7) is 6.54. The van der Waals surface area contributed by atoms with E-state index in [-0.39, 0.29) is 6.10 Å². The molecular formula is C13H18N2O. The van der Waals surface area contributed by atoms with Gasteiger partial charge in [0.2, 0.25) is 0 Å². The Balaban J connectivity index is 1.69. The molecule has 1 aromatic carbocycles. The van der Waals surface area contributed by atoms with Crippen LogP contribution in [0, 0.1) is 0 Å². The number of rotatable bonds is 3. The monoisotopic (exact) mass is 218 g/mol. The molecule has 1 aromatic rings. The van der Waals surface area contributed by atoms with Gasteiger partial charge >= 0.3 is 0 Å². The van der Waals surface area contributed by atoms with Gasteiger partial charge in [-0.25, -0.2) is 10.0 Å². The zero-order chi connectivity index (χ0) is 11.1. The van der Waals surface area contributed by atoms with E-state index in [1.54, 1.807) is 0 Å². The quantitative estimate of drug-likeness (QED) is 0.724. The molecule has 0 saturated carbocycles. The van der Waals surface area contributed by atoms with Gasteiger partial charge in [-0.3, -0.25) is 0 Å². The Labute approximate surface area is 96.6 Å². The van der Waals surface area contributed by atoms with E-state index in [1.807, 2.05) is 0 Å². The van der Waals surface area contributed by atoms with Crippen LogP contribution in [0.4, 0.5) is 0 Å². The van der Waals surface area contributed by atoms with Crippen molar-refractivity contribution in [3.8, 4) is 5.75 Å². The van der Waals surface area contributed by atoms with E-state index in [2.05, 4.69) is 48.1 Å². The van der Waals surface area contributed by atoms with Crippen molar-refractivity contribution in [1.82, 2.24) is 10.0 Å². The van der Waals surface area contributed by atoms with E-state index in [9.17, 15) is 0 Å². The molecule has 3 heteroatoms. The average molecular weight is 218 g/mol. The van der Waals surface area contributed by atoms with Gasteiger partial charge in [-0.05, 0) is 38.0 Å². The van der Waals surface area contributed by atoms with Gasteiger partial charge in [0.25, 0.3) is 0 Å². The predicted octanol–water partition coefficient (Wildman–Crippen LogP) is 2.41. The summed E-state index contributed by atoms with van der Waals surface area (Å²) in [6, 6.07) is 8.51. The fourth-order valence-corrected chi connectivity index (χ4v) is 2.48. The first kappa shape index (κ1) is 10.1. The van der Waals surface area contributed by atoms with Crippen molar-refractivity contribution in [2.24, 2.45) is 0 Å². The normalized spacial score (nSPS) is 31.6. The van der Waals surface area contributed by atoms with Gasteiger partial charge in [-0.2, -0.15) is 0 Å². The Kier molecular flexibility index (Phi) is 2.37. The lowest BCUT2D eigenvalue weighted by Crippen LogP contribution is -2.05. The van der Waals surface area contributed by atoms with Gasteiger partial charge in [-0.1, -0.05) is 12.1 Å². The highest BCUT2D eigenvalue weighted by Crippen LogP contribution is 2.44. The molecule has 0 spiro atoms. The third kappa shape index (κ3) is 1.70. The first-order chi connectivity index (χ1) is 7.75. The van der Waals surface area contributed by atoms with E-state index in [1.165, 1.54) is 25.1 Å². The fraction of sp³-hybridized carbons (Fsp3) is 0.538. The van der Waals surface area contributed by atoms with Crippen LogP contribution in [0.25, 0.3) is 0 Å². The molecule has 2 heterocycles. The Morgan fingerprint density at radius 3 is 2.31 bits per heavy atom. The van der Waals surface area contributed by atoms with Gasteiger partial charge in [0.05, 0.1) is 6.10 Å². The zero-order valence-corrected chi connectivity index (χ0v) is 9.89. The van der Waals surface area contributed by atoms with Crippen LogP contribution in [0.3, 0.4) is 0 Å². The molecule has 3 nitrogen and oxygen atoms in total. The van der Waals surface area contributed by atoms with E-state index in [0.29, 0.717) is 6.17 Å². The number of hydrazine groups is 1. The molecule has 2 aliphatic heterocycles.